The summed E-state index contributed by atoms with van der Waals surface area (Å²) in [5.74, 6) is 1.30. The van der Waals surface area contributed by atoms with Crippen LogP contribution < -0.4 is 15.4 Å². The number of carbonyl (C=O) groups excluding carboxylic acids is 1. The van der Waals surface area contributed by atoms with Gasteiger partial charge >= 0.3 is 0 Å². The molecule has 2 rings (SSSR count). The van der Waals surface area contributed by atoms with Crippen LogP contribution in [0.3, 0.4) is 0 Å². The lowest BCUT2D eigenvalue weighted by atomic mass is 10.1. The first kappa shape index (κ1) is 17.9. The second-order valence-corrected chi connectivity index (χ2v) is 6.33. The summed E-state index contributed by atoms with van der Waals surface area (Å²) >= 11 is 0. The lowest BCUT2D eigenvalue weighted by molar-refractivity contribution is -0.114. The molecule has 4 nitrogen and oxygen atoms in total. The molecule has 2 aromatic rings. The molecule has 2 aromatic carbocycles. The molecule has 0 radical (unpaired) electrons. The van der Waals surface area contributed by atoms with Crippen LogP contribution >= 0.6 is 0 Å². The van der Waals surface area contributed by atoms with Crippen LogP contribution in [0.15, 0.2) is 48.5 Å². The van der Waals surface area contributed by atoms with Gasteiger partial charge in [-0.25, -0.2) is 0 Å². The van der Waals surface area contributed by atoms with Crippen LogP contribution in [0.2, 0.25) is 0 Å². The lowest BCUT2D eigenvalue weighted by Crippen LogP contribution is -2.21. The van der Waals surface area contributed by atoms with Crippen LogP contribution in [0.5, 0.6) is 5.75 Å². The molecule has 4 heteroatoms. The monoisotopic (exact) mass is 326 g/mol. The first-order valence-electron chi connectivity index (χ1n) is 8.36. The predicted octanol–water partition coefficient (Wildman–Crippen LogP) is 4.47. The van der Waals surface area contributed by atoms with Crippen molar-refractivity contribution < 1.29 is 9.53 Å². The van der Waals surface area contributed by atoms with Crippen LogP contribution in [0.25, 0.3) is 0 Å². The number of hydrogen-bond acceptors (Lipinski definition) is 3. The van der Waals surface area contributed by atoms with E-state index in [4.69, 9.17) is 4.74 Å². The zero-order valence-corrected chi connectivity index (χ0v) is 14.6. The molecule has 0 aromatic heterocycles. The third-order valence-electron chi connectivity index (χ3n) is 3.59. The van der Waals surface area contributed by atoms with Gasteiger partial charge in [-0.05, 0) is 43.5 Å². The molecule has 0 saturated carbocycles. The molecule has 0 spiro atoms. The predicted molar refractivity (Wildman–Crippen MR) is 99.7 cm³/mol. The van der Waals surface area contributed by atoms with Crippen LogP contribution in [0, 0.1) is 12.8 Å². The quantitative estimate of drug-likeness (QED) is 0.752. The summed E-state index contributed by atoms with van der Waals surface area (Å²) in [5, 5.41) is 5.99. The van der Waals surface area contributed by atoms with Crippen LogP contribution in [0.4, 0.5) is 11.4 Å². The molecule has 0 saturated heterocycles. The van der Waals surface area contributed by atoms with Gasteiger partial charge in [0.15, 0.2) is 0 Å². The Balaban J connectivity index is 1.81. The normalized spacial score (nSPS) is 10.5. The summed E-state index contributed by atoms with van der Waals surface area (Å²) < 4.78 is 5.71. The first-order chi connectivity index (χ1) is 11.5. The third kappa shape index (κ3) is 6.32. The number of benzene rings is 2. The van der Waals surface area contributed by atoms with Crippen LogP contribution in [-0.2, 0) is 4.79 Å². The SMILES string of the molecule is Cc1ccc(NCC(=O)Nc2cccc(OCCC(C)C)c2)cc1. The van der Waals surface area contributed by atoms with E-state index in [1.807, 2.05) is 55.5 Å². The Labute approximate surface area is 144 Å². The van der Waals surface area contributed by atoms with Gasteiger partial charge in [0.2, 0.25) is 5.91 Å². The van der Waals surface area contributed by atoms with Crippen molar-refractivity contribution in [3.63, 3.8) is 0 Å². The Morgan fingerprint density at radius 2 is 1.83 bits per heavy atom. The molecule has 0 atom stereocenters. The Bertz CT molecular complexity index is 651. The van der Waals surface area contributed by atoms with E-state index in [9.17, 15) is 4.79 Å². The van der Waals surface area contributed by atoms with Crippen molar-refractivity contribution in [2.75, 3.05) is 23.8 Å². The number of nitrogens with one attached hydrogen (secondary N) is 2. The van der Waals surface area contributed by atoms with Crippen molar-refractivity contribution in [1.82, 2.24) is 0 Å². The van der Waals surface area contributed by atoms with Gasteiger partial charge in [0.25, 0.3) is 0 Å². The van der Waals surface area contributed by atoms with Gasteiger partial charge in [-0.15, -0.1) is 0 Å². The van der Waals surface area contributed by atoms with E-state index in [0.717, 1.165) is 23.5 Å². The molecule has 1 amide bonds. The Kier molecular flexibility index (Phi) is 6.67. The summed E-state index contributed by atoms with van der Waals surface area (Å²) in [4.78, 5) is 12.1. The van der Waals surface area contributed by atoms with Crippen molar-refractivity contribution in [3.8, 4) is 5.75 Å². The maximum Gasteiger partial charge on any atom is 0.243 e. The van der Waals surface area contributed by atoms with Gasteiger partial charge < -0.3 is 15.4 Å². The molecule has 0 bridgehead atoms. The van der Waals surface area contributed by atoms with Gasteiger partial charge in [-0.3, -0.25) is 4.79 Å². The standard InChI is InChI=1S/C20H26N2O2/c1-15(2)11-12-24-19-6-4-5-18(13-19)22-20(23)14-21-17-9-7-16(3)8-10-17/h4-10,13,15,21H,11-12,14H2,1-3H3,(H,22,23). The maximum absolute atomic E-state index is 12.1. The topological polar surface area (TPSA) is 50.4 Å². The molecule has 0 unspecified atom stereocenters. The van der Waals surface area contributed by atoms with E-state index in [1.54, 1.807) is 0 Å². The molecule has 24 heavy (non-hydrogen) atoms. The van der Waals surface area contributed by atoms with Crippen LogP contribution in [-0.4, -0.2) is 19.1 Å². The highest BCUT2D eigenvalue weighted by Crippen LogP contribution is 2.18. The van der Waals surface area contributed by atoms with Gasteiger partial charge in [-0.1, -0.05) is 37.6 Å². The summed E-state index contributed by atoms with van der Waals surface area (Å²) in [5.41, 5.74) is 2.87. The number of rotatable bonds is 8. The minimum atomic E-state index is -0.0881. The maximum atomic E-state index is 12.1. The second kappa shape index (κ2) is 8.96. The highest BCUT2D eigenvalue weighted by molar-refractivity contribution is 5.93. The van der Waals surface area contributed by atoms with Gasteiger partial charge in [0.05, 0.1) is 13.2 Å². The van der Waals surface area contributed by atoms with E-state index in [2.05, 4.69) is 24.5 Å². The molecule has 0 heterocycles. The van der Waals surface area contributed by atoms with E-state index in [-0.39, 0.29) is 12.5 Å². The first-order valence-corrected chi connectivity index (χ1v) is 8.36. The highest BCUT2D eigenvalue weighted by atomic mass is 16.5. The number of carbonyl (C=O) groups is 1. The number of ether oxygens (including phenoxy) is 1. The molecular weight excluding hydrogens is 300 g/mol. The molecule has 2 N–H and O–H groups in total. The number of anilines is 2. The van der Waals surface area contributed by atoms with Gasteiger partial charge in [0, 0.05) is 17.4 Å². The van der Waals surface area contributed by atoms with Crippen molar-refractivity contribution in [2.45, 2.75) is 27.2 Å². The lowest BCUT2D eigenvalue weighted by Gasteiger charge is -2.11. The van der Waals surface area contributed by atoms with E-state index < -0.39 is 0 Å². The fourth-order valence-electron chi connectivity index (χ4n) is 2.14. The van der Waals surface area contributed by atoms with E-state index in [1.165, 1.54) is 5.56 Å². The zero-order valence-electron chi connectivity index (χ0n) is 14.6. The Morgan fingerprint density at radius 3 is 2.54 bits per heavy atom. The molecule has 0 aliphatic heterocycles. The average molecular weight is 326 g/mol. The molecule has 0 fully saturated rings. The van der Waals surface area contributed by atoms with Crippen molar-refractivity contribution >= 4 is 17.3 Å². The average Bonchev–Trinajstić information content (AvgIpc) is 2.54. The minimum Gasteiger partial charge on any atom is -0.494 e. The van der Waals surface area contributed by atoms with E-state index in [0.29, 0.717) is 12.5 Å². The highest BCUT2D eigenvalue weighted by Gasteiger charge is 2.04. The summed E-state index contributed by atoms with van der Waals surface area (Å²) in [7, 11) is 0. The zero-order chi connectivity index (χ0) is 17.4. The largest absolute Gasteiger partial charge is 0.494 e. The second-order valence-electron chi connectivity index (χ2n) is 6.33. The van der Waals surface area contributed by atoms with Gasteiger partial charge in [-0.2, -0.15) is 0 Å². The van der Waals surface area contributed by atoms with E-state index >= 15 is 0 Å². The molecule has 0 aliphatic rings. The van der Waals surface area contributed by atoms with Crippen LogP contribution in [0.1, 0.15) is 25.8 Å². The fourth-order valence-corrected chi connectivity index (χ4v) is 2.14. The fraction of sp³-hybridized carbons (Fsp3) is 0.350. The van der Waals surface area contributed by atoms with Crippen molar-refractivity contribution in [3.05, 3.63) is 54.1 Å². The summed E-state index contributed by atoms with van der Waals surface area (Å²) in [6.45, 7) is 7.28. The van der Waals surface area contributed by atoms with Gasteiger partial charge in [0.1, 0.15) is 5.75 Å². The number of aryl methyl sites for hydroxylation is 1. The summed E-state index contributed by atoms with van der Waals surface area (Å²) in [6, 6.07) is 15.4. The summed E-state index contributed by atoms with van der Waals surface area (Å²) in [6.07, 6.45) is 1.01. The Hall–Kier alpha value is -2.49. The molecular formula is C20H26N2O2. The Morgan fingerprint density at radius 1 is 1.08 bits per heavy atom. The number of hydrogen-bond donors (Lipinski definition) is 2. The smallest absolute Gasteiger partial charge is 0.243 e. The van der Waals surface area contributed by atoms with Crippen molar-refractivity contribution in [2.24, 2.45) is 5.92 Å². The molecule has 0 aliphatic carbocycles. The third-order valence-corrected chi connectivity index (χ3v) is 3.59. The molecule has 128 valence electrons. The minimum absolute atomic E-state index is 0.0881. The van der Waals surface area contributed by atoms with Crippen molar-refractivity contribution in [1.29, 1.82) is 0 Å². The number of amides is 1.